The van der Waals surface area contributed by atoms with E-state index in [0.717, 1.165) is 14.8 Å². The highest BCUT2D eigenvalue weighted by molar-refractivity contribution is 14.1. The largest absolute Gasteiger partial charge is 0.368 e. The van der Waals surface area contributed by atoms with Crippen molar-refractivity contribution < 1.29 is 0 Å². The van der Waals surface area contributed by atoms with Gasteiger partial charge < -0.3 is 5.73 Å². The summed E-state index contributed by atoms with van der Waals surface area (Å²) in [6.07, 6.45) is 1.73. The Morgan fingerprint density at radius 2 is 1.86 bits per heavy atom. The summed E-state index contributed by atoms with van der Waals surface area (Å²) in [6.45, 7) is 0. The van der Waals surface area contributed by atoms with Gasteiger partial charge in [-0.1, -0.05) is 30.3 Å². The smallest absolute Gasteiger partial charge is 0.220 e. The minimum atomic E-state index is 0.310. The average Bonchev–Trinajstić information content (AvgIpc) is 2.23. The molecule has 1 heterocycles. The number of nitrogen functional groups attached to an aromatic ring is 1. The first-order valence-corrected chi connectivity index (χ1v) is 5.18. The number of nitrogens with two attached hydrogens (primary N) is 1. The quantitative estimate of drug-likeness (QED) is 0.822. The zero-order valence-electron chi connectivity index (χ0n) is 7.31. The Hall–Kier alpha value is -1.17. The topological polar surface area (TPSA) is 51.8 Å². The fraction of sp³-hybridized carbons (Fsp3) is 0. The SMILES string of the molecule is Nc1ncc(I)c(-c2ccccc2)n1. The highest BCUT2D eigenvalue weighted by Gasteiger charge is 2.04. The molecule has 2 rings (SSSR count). The van der Waals surface area contributed by atoms with Gasteiger partial charge >= 0.3 is 0 Å². The van der Waals surface area contributed by atoms with Crippen LogP contribution in [0.2, 0.25) is 0 Å². The summed E-state index contributed by atoms with van der Waals surface area (Å²) in [5.41, 5.74) is 7.49. The summed E-state index contributed by atoms with van der Waals surface area (Å²) in [5.74, 6) is 0.310. The number of aromatic nitrogens is 2. The van der Waals surface area contributed by atoms with Gasteiger partial charge in [0, 0.05) is 11.8 Å². The van der Waals surface area contributed by atoms with Crippen molar-refractivity contribution in [2.45, 2.75) is 0 Å². The van der Waals surface area contributed by atoms with E-state index in [-0.39, 0.29) is 0 Å². The summed E-state index contributed by atoms with van der Waals surface area (Å²) >= 11 is 2.20. The molecule has 0 saturated heterocycles. The summed E-state index contributed by atoms with van der Waals surface area (Å²) in [5, 5.41) is 0. The van der Waals surface area contributed by atoms with Crippen LogP contribution in [0.15, 0.2) is 36.5 Å². The van der Waals surface area contributed by atoms with E-state index in [2.05, 4.69) is 32.6 Å². The standard InChI is InChI=1S/C10H8IN3/c11-8-6-13-10(12)14-9(8)7-4-2-1-3-5-7/h1-6H,(H2,12,13,14). The minimum absolute atomic E-state index is 0.310. The van der Waals surface area contributed by atoms with E-state index >= 15 is 0 Å². The lowest BCUT2D eigenvalue weighted by Crippen LogP contribution is -1.97. The Morgan fingerprint density at radius 3 is 2.57 bits per heavy atom. The van der Waals surface area contributed by atoms with Gasteiger partial charge in [0.2, 0.25) is 5.95 Å². The maximum atomic E-state index is 5.54. The van der Waals surface area contributed by atoms with Crippen LogP contribution in [-0.4, -0.2) is 9.97 Å². The molecule has 0 aliphatic rings. The normalized spacial score (nSPS) is 10.1. The lowest BCUT2D eigenvalue weighted by Gasteiger charge is -2.03. The molecule has 0 amide bonds. The molecular weight excluding hydrogens is 289 g/mol. The maximum absolute atomic E-state index is 5.54. The molecule has 0 fully saturated rings. The van der Waals surface area contributed by atoms with Crippen LogP contribution in [0.25, 0.3) is 11.3 Å². The van der Waals surface area contributed by atoms with Gasteiger partial charge in [0.05, 0.1) is 9.26 Å². The van der Waals surface area contributed by atoms with Crippen molar-refractivity contribution in [1.29, 1.82) is 0 Å². The van der Waals surface area contributed by atoms with Crippen molar-refractivity contribution >= 4 is 28.5 Å². The number of halogens is 1. The molecular formula is C10H8IN3. The molecule has 14 heavy (non-hydrogen) atoms. The third-order valence-corrected chi connectivity index (χ3v) is 2.60. The van der Waals surface area contributed by atoms with Crippen LogP contribution < -0.4 is 5.73 Å². The molecule has 0 atom stereocenters. The molecule has 0 spiro atoms. The molecule has 3 nitrogen and oxygen atoms in total. The number of nitrogens with zero attached hydrogens (tertiary/aromatic N) is 2. The first-order chi connectivity index (χ1) is 6.77. The number of anilines is 1. The van der Waals surface area contributed by atoms with Crippen LogP contribution in [0.5, 0.6) is 0 Å². The van der Waals surface area contributed by atoms with Gasteiger partial charge in [-0.3, -0.25) is 0 Å². The van der Waals surface area contributed by atoms with E-state index in [1.54, 1.807) is 6.20 Å². The van der Waals surface area contributed by atoms with E-state index in [1.165, 1.54) is 0 Å². The van der Waals surface area contributed by atoms with Crippen molar-refractivity contribution in [3.8, 4) is 11.3 Å². The second kappa shape index (κ2) is 3.91. The van der Waals surface area contributed by atoms with Crippen LogP contribution in [0.3, 0.4) is 0 Å². The first-order valence-electron chi connectivity index (χ1n) is 4.11. The second-order valence-corrected chi connectivity index (χ2v) is 3.95. The van der Waals surface area contributed by atoms with Crippen LogP contribution in [0.1, 0.15) is 0 Å². The van der Waals surface area contributed by atoms with E-state index in [0.29, 0.717) is 5.95 Å². The van der Waals surface area contributed by atoms with Crippen LogP contribution >= 0.6 is 22.6 Å². The van der Waals surface area contributed by atoms with E-state index in [9.17, 15) is 0 Å². The number of rotatable bonds is 1. The monoisotopic (exact) mass is 297 g/mol. The Labute approximate surface area is 95.5 Å². The summed E-state index contributed by atoms with van der Waals surface area (Å²) in [4.78, 5) is 8.13. The molecule has 2 N–H and O–H groups in total. The van der Waals surface area contributed by atoms with Gasteiger partial charge in [0.15, 0.2) is 0 Å². The number of hydrogen-bond donors (Lipinski definition) is 1. The molecule has 0 aliphatic carbocycles. The van der Waals surface area contributed by atoms with Gasteiger partial charge in [0.25, 0.3) is 0 Å². The lowest BCUT2D eigenvalue weighted by molar-refractivity contribution is 1.17. The fourth-order valence-corrected chi connectivity index (χ4v) is 1.75. The minimum Gasteiger partial charge on any atom is -0.368 e. The molecule has 2 aromatic rings. The maximum Gasteiger partial charge on any atom is 0.220 e. The first kappa shape index (κ1) is 9.39. The molecule has 70 valence electrons. The molecule has 1 aromatic carbocycles. The number of benzene rings is 1. The molecule has 4 heteroatoms. The molecule has 0 radical (unpaired) electrons. The Kier molecular flexibility index (Phi) is 2.62. The average molecular weight is 297 g/mol. The third kappa shape index (κ3) is 1.84. The predicted octanol–water partition coefficient (Wildman–Crippen LogP) is 2.33. The van der Waals surface area contributed by atoms with Gasteiger partial charge in [-0.05, 0) is 22.6 Å². The van der Waals surface area contributed by atoms with E-state index < -0.39 is 0 Å². The summed E-state index contributed by atoms with van der Waals surface area (Å²) < 4.78 is 1.00. The van der Waals surface area contributed by atoms with E-state index in [4.69, 9.17) is 5.73 Å². The van der Waals surface area contributed by atoms with Gasteiger partial charge in [-0.25, -0.2) is 9.97 Å². The highest BCUT2D eigenvalue weighted by Crippen LogP contribution is 2.22. The second-order valence-electron chi connectivity index (χ2n) is 2.79. The van der Waals surface area contributed by atoms with Crippen LogP contribution in [0.4, 0.5) is 5.95 Å². The summed E-state index contributed by atoms with van der Waals surface area (Å²) in [7, 11) is 0. The Morgan fingerprint density at radius 1 is 1.14 bits per heavy atom. The third-order valence-electron chi connectivity index (χ3n) is 1.81. The molecule has 1 aromatic heterocycles. The molecule has 0 bridgehead atoms. The number of hydrogen-bond acceptors (Lipinski definition) is 3. The Bertz CT molecular complexity index is 442. The molecule has 0 saturated carbocycles. The zero-order valence-corrected chi connectivity index (χ0v) is 9.47. The molecule has 0 unspecified atom stereocenters. The van der Waals surface area contributed by atoms with Crippen LogP contribution in [-0.2, 0) is 0 Å². The van der Waals surface area contributed by atoms with Crippen molar-refractivity contribution in [2.75, 3.05) is 5.73 Å². The van der Waals surface area contributed by atoms with Crippen LogP contribution in [0, 0.1) is 3.57 Å². The van der Waals surface area contributed by atoms with Gasteiger partial charge in [-0.15, -0.1) is 0 Å². The van der Waals surface area contributed by atoms with Crippen molar-refractivity contribution in [3.05, 3.63) is 40.1 Å². The fourth-order valence-electron chi connectivity index (χ4n) is 1.18. The lowest BCUT2D eigenvalue weighted by atomic mass is 10.1. The van der Waals surface area contributed by atoms with Crippen molar-refractivity contribution in [2.24, 2.45) is 0 Å². The van der Waals surface area contributed by atoms with Gasteiger partial charge in [-0.2, -0.15) is 0 Å². The predicted molar refractivity (Wildman–Crippen MR) is 64.6 cm³/mol. The summed E-state index contributed by atoms with van der Waals surface area (Å²) in [6, 6.07) is 9.93. The molecule has 0 aliphatic heterocycles. The van der Waals surface area contributed by atoms with E-state index in [1.807, 2.05) is 30.3 Å². The zero-order chi connectivity index (χ0) is 9.97. The van der Waals surface area contributed by atoms with Crippen molar-refractivity contribution in [3.63, 3.8) is 0 Å². The highest BCUT2D eigenvalue weighted by atomic mass is 127. The van der Waals surface area contributed by atoms with Gasteiger partial charge in [0.1, 0.15) is 0 Å². The Balaban J connectivity index is 2.57. The van der Waals surface area contributed by atoms with Crippen molar-refractivity contribution in [1.82, 2.24) is 9.97 Å².